The van der Waals surface area contributed by atoms with Crippen molar-refractivity contribution in [3.8, 4) is 0 Å². The Balaban J connectivity index is 0.000000187. The van der Waals surface area contributed by atoms with E-state index in [1.54, 1.807) is 0 Å². The van der Waals surface area contributed by atoms with Crippen LogP contribution in [0.2, 0.25) is 0 Å². The van der Waals surface area contributed by atoms with Crippen LogP contribution in [-0.4, -0.2) is 23.0 Å². The van der Waals surface area contributed by atoms with Crippen LogP contribution >= 0.6 is 0 Å². The highest BCUT2D eigenvalue weighted by molar-refractivity contribution is 4.57. The van der Waals surface area contributed by atoms with Gasteiger partial charge in [0.15, 0.2) is 0 Å². The molecule has 0 unspecified atom stereocenters. The van der Waals surface area contributed by atoms with Crippen molar-refractivity contribution in [2.75, 3.05) is 13.1 Å². The Labute approximate surface area is 65.6 Å². The van der Waals surface area contributed by atoms with Gasteiger partial charge in [-0.3, -0.25) is 16.0 Å². The van der Waals surface area contributed by atoms with E-state index in [0.717, 1.165) is 13.1 Å². The Bertz CT molecular complexity index is 132. The van der Waals surface area contributed by atoms with E-state index in [9.17, 15) is 0 Å². The minimum Gasteiger partial charge on any atom is -0.269 e. The molecule has 0 aromatic carbocycles. The van der Waals surface area contributed by atoms with Crippen LogP contribution in [0.3, 0.4) is 0 Å². The molecule has 0 aromatic heterocycles. The molecule has 1 fully saturated rings. The molecule has 0 aromatic rings. The number of hydrogen-bond acceptors (Lipinski definition) is 4. The van der Waals surface area contributed by atoms with Gasteiger partial charge in [0, 0.05) is 13.1 Å². The molecule has 11 heavy (non-hydrogen) atoms. The van der Waals surface area contributed by atoms with Gasteiger partial charge in [0.1, 0.15) is 0 Å². The van der Waals surface area contributed by atoms with Gasteiger partial charge in [0.05, 0.1) is 4.92 Å². The van der Waals surface area contributed by atoms with E-state index in [-0.39, 0.29) is 0 Å². The van der Waals surface area contributed by atoms with Gasteiger partial charge in [-0.2, -0.15) is 0 Å². The second-order valence-corrected chi connectivity index (χ2v) is 2.21. The standard InChI is InChI=1S/C4H10N2.C2H3NO2/c5-6-3-1-2-4-6;1-2-3(4)5/h1-5H2;2H,1H2. The first-order valence-corrected chi connectivity index (χ1v) is 3.42. The molecule has 0 aliphatic carbocycles. The van der Waals surface area contributed by atoms with Crippen molar-refractivity contribution < 1.29 is 4.92 Å². The highest BCUT2D eigenvalue weighted by atomic mass is 16.6. The molecule has 1 aliphatic heterocycles. The zero-order valence-electron chi connectivity index (χ0n) is 6.40. The molecule has 1 rings (SSSR count). The summed E-state index contributed by atoms with van der Waals surface area (Å²) in [7, 11) is 0. The smallest absolute Gasteiger partial charge is 0.227 e. The van der Waals surface area contributed by atoms with E-state index in [0.29, 0.717) is 6.20 Å². The fourth-order valence-electron chi connectivity index (χ4n) is 0.742. The lowest BCUT2D eigenvalue weighted by molar-refractivity contribution is -0.401. The molecule has 0 saturated carbocycles. The Morgan fingerprint density at radius 2 is 1.91 bits per heavy atom. The lowest BCUT2D eigenvalue weighted by Gasteiger charge is -2.01. The van der Waals surface area contributed by atoms with Crippen molar-refractivity contribution in [3.63, 3.8) is 0 Å². The van der Waals surface area contributed by atoms with Gasteiger partial charge >= 0.3 is 0 Å². The molecule has 1 saturated heterocycles. The quantitative estimate of drug-likeness (QED) is 0.340. The highest BCUT2D eigenvalue weighted by Crippen LogP contribution is 1.99. The summed E-state index contributed by atoms with van der Waals surface area (Å²) in [5.74, 6) is 5.37. The molecule has 64 valence electrons. The van der Waals surface area contributed by atoms with Crippen molar-refractivity contribution >= 4 is 0 Å². The van der Waals surface area contributed by atoms with Crippen LogP contribution in [0.15, 0.2) is 12.8 Å². The average Bonchev–Trinajstić information content (AvgIpc) is 2.41. The van der Waals surface area contributed by atoms with Crippen LogP contribution in [-0.2, 0) is 0 Å². The second-order valence-electron chi connectivity index (χ2n) is 2.21. The van der Waals surface area contributed by atoms with Gasteiger partial charge in [-0.05, 0) is 19.4 Å². The number of nitrogens with two attached hydrogens (primary N) is 1. The lowest BCUT2D eigenvalue weighted by Crippen LogP contribution is -2.26. The molecular formula is C6H13N3O2. The number of hydrogen-bond donors (Lipinski definition) is 1. The van der Waals surface area contributed by atoms with Crippen LogP contribution in [0.25, 0.3) is 0 Å². The maximum Gasteiger partial charge on any atom is 0.227 e. The summed E-state index contributed by atoms with van der Waals surface area (Å²) in [6.07, 6.45) is 3.22. The predicted molar refractivity (Wildman–Crippen MR) is 42.2 cm³/mol. The normalized spacial score (nSPS) is 16.8. The van der Waals surface area contributed by atoms with Crippen molar-refractivity contribution in [2.45, 2.75) is 12.8 Å². The summed E-state index contributed by atoms with van der Waals surface area (Å²) in [5, 5.41) is 10.9. The zero-order valence-corrected chi connectivity index (χ0v) is 6.40. The number of rotatable bonds is 1. The molecule has 2 N–H and O–H groups in total. The average molecular weight is 159 g/mol. The van der Waals surface area contributed by atoms with Crippen molar-refractivity contribution in [3.05, 3.63) is 22.9 Å². The Kier molecular flexibility index (Phi) is 5.32. The first-order valence-electron chi connectivity index (χ1n) is 3.42. The lowest BCUT2D eigenvalue weighted by atomic mass is 10.4. The van der Waals surface area contributed by atoms with Gasteiger partial charge in [0.2, 0.25) is 6.20 Å². The van der Waals surface area contributed by atoms with Crippen LogP contribution in [0, 0.1) is 10.1 Å². The van der Waals surface area contributed by atoms with Gasteiger partial charge in [0.25, 0.3) is 0 Å². The van der Waals surface area contributed by atoms with Crippen molar-refractivity contribution in [2.24, 2.45) is 5.84 Å². The van der Waals surface area contributed by atoms with Gasteiger partial charge in [-0.1, -0.05) is 0 Å². The Hall–Kier alpha value is -0.940. The van der Waals surface area contributed by atoms with E-state index in [4.69, 9.17) is 16.0 Å². The summed E-state index contributed by atoms with van der Waals surface area (Å²) in [6, 6.07) is 0. The van der Waals surface area contributed by atoms with E-state index >= 15 is 0 Å². The van der Waals surface area contributed by atoms with Crippen LogP contribution in [0.4, 0.5) is 0 Å². The molecule has 1 aliphatic rings. The molecule has 5 heteroatoms. The minimum atomic E-state index is -0.611. The van der Waals surface area contributed by atoms with Crippen molar-refractivity contribution in [1.29, 1.82) is 0 Å². The third-order valence-corrected chi connectivity index (χ3v) is 1.29. The number of nitrogens with zero attached hydrogens (tertiary/aromatic N) is 2. The number of hydrazine groups is 1. The van der Waals surface area contributed by atoms with Gasteiger partial charge in [-0.25, -0.2) is 5.01 Å². The molecule has 0 spiro atoms. The van der Waals surface area contributed by atoms with Gasteiger partial charge < -0.3 is 0 Å². The minimum absolute atomic E-state index is 0.611. The third kappa shape index (κ3) is 6.95. The summed E-state index contributed by atoms with van der Waals surface area (Å²) in [6.45, 7) is 5.06. The SMILES string of the molecule is C=C[N+](=O)[O-].NN1CCCC1. The van der Waals surface area contributed by atoms with Crippen LogP contribution in [0.1, 0.15) is 12.8 Å². The van der Waals surface area contributed by atoms with E-state index < -0.39 is 4.92 Å². The molecule has 0 amide bonds. The first-order chi connectivity index (χ1) is 5.16. The maximum atomic E-state index is 9.06. The van der Waals surface area contributed by atoms with E-state index in [1.165, 1.54) is 12.8 Å². The fourth-order valence-corrected chi connectivity index (χ4v) is 0.742. The maximum absolute atomic E-state index is 9.06. The summed E-state index contributed by atoms with van der Waals surface area (Å²) >= 11 is 0. The molecular weight excluding hydrogens is 146 g/mol. The topological polar surface area (TPSA) is 72.4 Å². The number of nitro groups is 1. The van der Waals surface area contributed by atoms with Crippen LogP contribution in [0.5, 0.6) is 0 Å². The van der Waals surface area contributed by atoms with E-state index in [1.807, 2.05) is 5.01 Å². The molecule has 0 atom stereocenters. The Morgan fingerprint density at radius 3 is 2.00 bits per heavy atom. The molecule has 0 bridgehead atoms. The molecule has 1 heterocycles. The monoisotopic (exact) mass is 159 g/mol. The molecule has 0 radical (unpaired) electrons. The predicted octanol–water partition coefficient (Wildman–Crippen LogP) is 0.362. The fraction of sp³-hybridized carbons (Fsp3) is 0.667. The second kappa shape index (κ2) is 5.82. The zero-order chi connectivity index (χ0) is 8.69. The van der Waals surface area contributed by atoms with Crippen LogP contribution < -0.4 is 5.84 Å². The van der Waals surface area contributed by atoms with Crippen molar-refractivity contribution in [1.82, 2.24) is 5.01 Å². The largest absolute Gasteiger partial charge is 0.269 e. The summed E-state index contributed by atoms with van der Waals surface area (Å²) in [5.41, 5.74) is 0. The molecule has 5 nitrogen and oxygen atoms in total. The Morgan fingerprint density at radius 1 is 1.55 bits per heavy atom. The van der Waals surface area contributed by atoms with E-state index in [2.05, 4.69) is 6.58 Å². The third-order valence-electron chi connectivity index (χ3n) is 1.29. The van der Waals surface area contributed by atoms with Gasteiger partial charge in [-0.15, -0.1) is 0 Å². The highest BCUT2D eigenvalue weighted by Gasteiger charge is 2.03. The first kappa shape index (κ1) is 10.1. The summed E-state index contributed by atoms with van der Waals surface area (Å²) in [4.78, 5) is 8.44. The summed E-state index contributed by atoms with van der Waals surface area (Å²) < 4.78 is 0.